The summed E-state index contributed by atoms with van der Waals surface area (Å²) >= 11 is 6.76. The lowest BCUT2D eigenvalue weighted by molar-refractivity contribution is -0.117. The van der Waals surface area contributed by atoms with Gasteiger partial charge in [-0.25, -0.2) is 13.6 Å². The molecule has 1 aliphatic rings. The number of primary sulfonamides is 1. The van der Waals surface area contributed by atoms with Crippen LogP contribution in [0, 0.1) is 5.92 Å². The van der Waals surface area contributed by atoms with Gasteiger partial charge in [0.1, 0.15) is 11.4 Å². The van der Waals surface area contributed by atoms with E-state index in [1.807, 2.05) is 0 Å². The summed E-state index contributed by atoms with van der Waals surface area (Å²) in [7, 11) is -2.08. The van der Waals surface area contributed by atoms with E-state index in [2.05, 4.69) is 31.9 Å². The minimum Gasteiger partial charge on any atom is -0.494 e. The molecule has 1 aromatic carbocycles. The van der Waals surface area contributed by atoms with Crippen molar-refractivity contribution in [2.45, 2.75) is 6.42 Å². The third-order valence-electron chi connectivity index (χ3n) is 3.16. The number of benzene rings is 1. The van der Waals surface area contributed by atoms with Gasteiger partial charge in [-0.2, -0.15) is 0 Å². The number of methoxy groups -OCH3 is 1. The van der Waals surface area contributed by atoms with Crippen molar-refractivity contribution in [2.75, 3.05) is 24.3 Å². The number of carbonyl (C=O) groups is 1. The van der Waals surface area contributed by atoms with Crippen LogP contribution in [0.5, 0.6) is 5.75 Å². The van der Waals surface area contributed by atoms with Gasteiger partial charge in [0.15, 0.2) is 0 Å². The molecule has 1 aliphatic heterocycles. The third kappa shape index (κ3) is 3.97. The first kappa shape index (κ1) is 16.7. The summed E-state index contributed by atoms with van der Waals surface area (Å²) in [6, 6.07) is 3.55. The van der Waals surface area contributed by atoms with E-state index in [9.17, 15) is 13.2 Å². The number of halogens is 2. The Bertz CT molecular complexity index is 678. The van der Waals surface area contributed by atoms with Crippen molar-refractivity contribution in [3.05, 3.63) is 21.1 Å². The Kier molecular flexibility index (Phi) is 4.96. The summed E-state index contributed by atoms with van der Waals surface area (Å²) in [6.45, 7) is 0.297. The smallest absolute Gasteiger partial charge is 0.227 e. The Morgan fingerprint density at radius 1 is 1.43 bits per heavy atom. The van der Waals surface area contributed by atoms with Crippen molar-refractivity contribution in [3.8, 4) is 5.75 Å². The fourth-order valence-electron chi connectivity index (χ4n) is 2.40. The molecule has 1 unspecified atom stereocenters. The standard InChI is InChI=1S/C12H14Br2N2O4S/c1-20-10-4-8(13)3-9(14)12(10)16-5-7(2-11(16)17)6-21(15,18)19/h3-4,7H,2,5-6H2,1H3,(H2,15,18,19). The largest absolute Gasteiger partial charge is 0.494 e. The van der Waals surface area contributed by atoms with Gasteiger partial charge in [0.05, 0.1) is 12.9 Å². The molecule has 1 fully saturated rings. The highest BCUT2D eigenvalue weighted by Gasteiger charge is 2.35. The molecule has 0 saturated carbocycles. The van der Waals surface area contributed by atoms with Gasteiger partial charge in [-0.15, -0.1) is 0 Å². The first-order valence-electron chi connectivity index (χ1n) is 6.05. The molecule has 0 aliphatic carbocycles. The Morgan fingerprint density at radius 3 is 2.67 bits per heavy atom. The maximum absolute atomic E-state index is 12.2. The van der Waals surface area contributed by atoms with Gasteiger partial charge in [-0.1, -0.05) is 15.9 Å². The van der Waals surface area contributed by atoms with Crippen LogP contribution in [-0.4, -0.2) is 33.7 Å². The predicted octanol–water partition coefficient (Wildman–Crippen LogP) is 1.86. The first-order chi connectivity index (χ1) is 9.71. The van der Waals surface area contributed by atoms with Crippen molar-refractivity contribution in [2.24, 2.45) is 11.1 Å². The Labute approximate surface area is 139 Å². The van der Waals surface area contributed by atoms with Crippen LogP contribution in [-0.2, 0) is 14.8 Å². The molecule has 1 atom stereocenters. The lowest BCUT2D eigenvalue weighted by atomic mass is 10.1. The number of rotatable bonds is 4. The van der Waals surface area contributed by atoms with Gasteiger partial charge in [0, 0.05) is 27.8 Å². The van der Waals surface area contributed by atoms with E-state index in [1.54, 1.807) is 12.1 Å². The number of hydrogen-bond donors (Lipinski definition) is 1. The van der Waals surface area contributed by atoms with Crippen LogP contribution in [0.3, 0.4) is 0 Å². The molecule has 0 aromatic heterocycles. The van der Waals surface area contributed by atoms with E-state index < -0.39 is 10.0 Å². The number of hydrogen-bond acceptors (Lipinski definition) is 4. The Morgan fingerprint density at radius 2 is 2.10 bits per heavy atom. The summed E-state index contributed by atoms with van der Waals surface area (Å²) in [6.07, 6.45) is 0.155. The molecule has 1 saturated heterocycles. The highest BCUT2D eigenvalue weighted by Crippen LogP contribution is 2.41. The van der Waals surface area contributed by atoms with Gasteiger partial charge in [-0.05, 0) is 28.1 Å². The van der Waals surface area contributed by atoms with Crippen molar-refractivity contribution < 1.29 is 17.9 Å². The summed E-state index contributed by atoms with van der Waals surface area (Å²) in [5.74, 6) is -0.135. The van der Waals surface area contributed by atoms with Crippen LogP contribution < -0.4 is 14.8 Å². The normalized spacial score (nSPS) is 19.1. The highest BCUT2D eigenvalue weighted by molar-refractivity contribution is 9.11. The number of sulfonamides is 1. The molecule has 21 heavy (non-hydrogen) atoms. The molecule has 116 valence electrons. The molecular formula is C12H14Br2N2O4S. The summed E-state index contributed by atoms with van der Waals surface area (Å²) < 4.78 is 29.2. The molecule has 0 bridgehead atoms. The number of anilines is 1. The Hall–Kier alpha value is -0.640. The van der Waals surface area contributed by atoms with E-state index >= 15 is 0 Å². The zero-order valence-corrected chi connectivity index (χ0v) is 15.2. The molecule has 1 amide bonds. The van der Waals surface area contributed by atoms with E-state index in [0.717, 1.165) is 4.47 Å². The van der Waals surface area contributed by atoms with Crippen molar-refractivity contribution in [1.82, 2.24) is 0 Å². The molecule has 0 spiro atoms. The number of nitrogens with two attached hydrogens (primary N) is 1. The summed E-state index contributed by atoms with van der Waals surface area (Å²) in [5, 5.41) is 5.05. The van der Waals surface area contributed by atoms with Crippen LogP contribution in [0.2, 0.25) is 0 Å². The minimum absolute atomic E-state index is 0.148. The molecular weight excluding hydrogens is 428 g/mol. The second-order valence-electron chi connectivity index (χ2n) is 4.84. The first-order valence-corrected chi connectivity index (χ1v) is 9.35. The molecule has 2 N–H and O–H groups in total. The lowest BCUT2D eigenvalue weighted by Crippen LogP contribution is -2.28. The van der Waals surface area contributed by atoms with Crippen molar-refractivity contribution in [1.29, 1.82) is 0 Å². The summed E-state index contributed by atoms with van der Waals surface area (Å²) in [5.41, 5.74) is 0.600. The van der Waals surface area contributed by atoms with Crippen LogP contribution in [0.25, 0.3) is 0 Å². The molecule has 0 radical (unpaired) electrons. The number of carbonyl (C=O) groups excluding carboxylic acids is 1. The van der Waals surface area contributed by atoms with E-state index in [4.69, 9.17) is 9.88 Å². The van der Waals surface area contributed by atoms with Gasteiger partial charge in [-0.3, -0.25) is 4.79 Å². The van der Waals surface area contributed by atoms with Crippen LogP contribution >= 0.6 is 31.9 Å². The monoisotopic (exact) mass is 440 g/mol. The number of nitrogens with zero attached hydrogens (tertiary/aromatic N) is 1. The lowest BCUT2D eigenvalue weighted by Gasteiger charge is -2.21. The summed E-state index contributed by atoms with van der Waals surface area (Å²) in [4.78, 5) is 13.7. The topological polar surface area (TPSA) is 89.7 Å². The van der Waals surface area contributed by atoms with Crippen LogP contribution in [0.15, 0.2) is 21.1 Å². The highest BCUT2D eigenvalue weighted by atomic mass is 79.9. The average molecular weight is 442 g/mol. The molecule has 2 rings (SSSR count). The second kappa shape index (κ2) is 6.23. The van der Waals surface area contributed by atoms with Gasteiger partial charge < -0.3 is 9.64 Å². The van der Waals surface area contributed by atoms with E-state index in [-0.39, 0.29) is 24.0 Å². The fraction of sp³-hybridized carbons (Fsp3) is 0.417. The number of ether oxygens (including phenoxy) is 1. The molecule has 9 heteroatoms. The van der Waals surface area contributed by atoms with Gasteiger partial charge >= 0.3 is 0 Å². The van der Waals surface area contributed by atoms with E-state index in [0.29, 0.717) is 22.5 Å². The number of amides is 1. The quantitative estimate of drug-likeness (QED) is 0.772. The predicted molar refractivity (Wildman–Crippen MR) is 86.8 cm³/mol. The van der Waals surface area contributed by atoms with Crippen molar-refractivity contribution >= 4 is 53.5 Å². The van der Waals surface area contributed by atoms with Crippen molar-refractivity contribution in [3.63, 3.8) is 0 Å². The molecule has 1 aromatic rings. The van der Waals surface area contributed by atoms with Crippen LogP contribution in [0.4, 0.5) is 5.69 Å². The van der Waals surface area contributed by atoms with Crippen LogP contribution in [0.1, 0.15) is 6.42 Å². The second-order valence-corrected chi connectivity index (χ2v) is 8.27. The maximum atomic E-state index is 12.2. The van der Waals surface area contributed by atoms with Gasteiger partial charge in [0.2, 0.25) is 15.9 Å². The Balaban J connectivity index is 2.33. The van der Waals surface area contributed by atoms with E-state index in [1.165, 1.54) is 12.0 Å². The molecule has 6 nitrogen and oxygen atoms in total. The zero-order chi connectivity index (χ0) is 15.8. The minimum atomic E-state index is -3.60. The fourth-order valence-corrected chi connectivity index (χ4v) is 4.68. The average Bonchev–Trinajstić information content (AvgIpc) is 2.66. The van der Waals surface area contributed by atoms with Gasteiger partial charge in [0.25, 0.3) is 0 Å². The molecule has 1 heterocycles. The third-order valence-corrected chi connectivity index (χ3v) is 5.15. The zero-order valence-electron chi connectivity index (χ0n) is 11.2. The maximum Gasteiger partial charge on any atom is 0.227 e. The SMILES string of the molecule is COc1cc(Br)cc(Br)c1N1CC(CS(N)(=O)=O)CC1=O.